The third-order valence-electron chi connectivity index (χ3n) is 5.78. The summed E-state index contributed by atoms with van der Waals surface area (Å²) in [5.74, 6) is 1.39. The zero-order valence-corrected chi connectivity index (χ0v) is 14.3. The molecule has 6 heteroatoms. The maximum Gasteiger partial charge on any atom is 0.225 e. The van der Waals surface area contributed by atoms with Gasteiger partial charge in [0.1, 0.15) is 0 Å². The van der Waals surface area contributed by atoms with Gasteiger partial charge in [0, 0.05) is 50.0 Å². The Morgan fingerprint density at radius 3 is 2.62 bits per heavy atom. The summed E-state index contributed by atoms with van der Waals surface area (Å²) in [6.45, 7) is 4.94. The molecule has 1 N–H and O–H groups in total. The van der Waals surface area contributed by atoms with Gasteiger partial charge < -0.3 is 14.7 Å². The lowest BCUT2D eigenvalue weighted by Gasteiger charge is -2.43. The van der Waals surface area contributed by atoms with Crippen LogP contribution in [0.4, 0.5) is 5.95 Å². The van der Waals surface area contributed by atoms with Crippen molar-refractivity contribution in [1.29, 1.82) is 0 Å². The van der Waals surface area contributed by atoms with Gasteiger partial charge in [-0.05, 0) is 25.3 Å². The number of hydrogen-bond acceptors (Lipinski definition) is 6. The molecule has 2 saturated heterocycles. The van der Waals surface area contributed by atoms with Gasteiger partial charge in [-0.25, -0.2) is 9.97 Å². The van der Waals surface area contributed by atoms with Crippen molar-refractivity contribution in [3.05, 3.63) is 18.0 Å². The highest BCUT2D eigenvalue weighted by Gasteiger charge is 2.33. The molecule has 132 valence electrons. The summed E-state index contributed by atoms with van der Waals surface area (Å²) >= 11 is 0. The van der Waals surface area contributed by atoms with E-state index >= 15 is 0 Å². The Hall–Kier alpha value is -1.24. The number of hydrogen-bond donors (Lipinski definition) is 1. The van der Waals surface area contributed by atoms with Gasteiger partial charge in [0.05, 0.1) is 19.3 Å². The lowest BCUT2D eigenvalue weighted by molar-refractivity contribution is -0.0275. The Morgan fingerprint density at radius 1 is 1.08 bits per heavy atom. The molecule has 3 heterocycles. The molecule has 0 bridgehead atoms. The fourth-order valence-electron chi connectivity index (χ4n) is 4.40. The van der Waals surface area contributed by atoms with E-state index in [1.165, 1.54) is 31.4 Å². The van der Waals surface area contributed by atoms with E-state index in [-0.39, 0.29) is 12.1 Å². The van der Waals surface area contributed by atoms with Crippen LogP contribution in [-0.4, -0.2) is 71.5 Å². The number of nitrogens with zero attached hydrogens (tertiary/aromatic N) is 4. The maximum absolute atomic E-state index is 10.7. The van der Waals surface area contributed by atoms with Crippen LogP contribution in [0.1, 0.15) is 43.7 Å². The molecule has 3 aliphatic rings. The van der Waals surface area contributed by atoms with E-state index in [0.717, 1.165) is 45.2 Å². The van der Waals surface area contributed by atoms with Gasteiger partial charge in [0.15, 0.2) is 0 Å². The average molecular weight is 332 g/mol. The van der Waals surface area contributed by atoms with Gasteiger partial charge in [-0.3, -0.25) is 4.90 Å². The van der Waals surface area contributed by atoms with E-state index in [9.17, 15) is 5.11 Å². The summed E-state index contributed by atoms with van der Waals surface area (Å²) in [7, 11) is 0. The van der Waals surface area contributed by atoms with Crippen LogP contribution in [0, 0.1) is 0 Å². The van der Waals surface area contributed by atoms with Gasteiger partial charge >= 0.3 is 0 Å². The summed E-state index contributed by atoms with van der Waals surface area (Å²) < 4.78 is 5.42. The molecular weight excluding hydrogens is 304 g/mol. The summed E-state index contributed by atoms with van der Waals surface area (Å²) in [6.07, 6.45) is 7.61. The Labute approximate surface area is 143 Å². The normalized spacial score (nSPS) is 30.0. The number of aliphatic hydroxyl groups excluding tert-OH is 1. The van der Waals surface area contributed by atoms with Crippen LogP contribution in [0.25, 0.3) is 0 Å². The van der Waals surface area contributed by atoms with Crippen molar-refractivity contribution < 1.29 is 9.84 Å². The number of piperidine rings is 1. The van der Waals surface area contributed by atoms with Crippen LogP contribution >= 0.6 is 0 Å². The highest BCUT2D eigenvalue weighted by molar-refractivity contribution is 5.33. The molecule has 0 radical (unpaired) electrons. The summed E-state index contributed by atoms with van der Waals surface area (Å²) in [4.78, 5) is 13.8. The van der Waals surface area contributed by atoms with E-state index in [1.54, 1.807) is 0 Å². The van der Waals surface area contributed by atoms with Crippen molar-refractivity contribution in [2.24, 2.45) is 0 Å². The van der Waals surface area contributed by atoms with Crippen LogP contribution in [0.5, 0.6) is 0 Å². The molecule has 1 aromatic heterocycles. The molecular formula is C18H28N4O2. The van der Waals surface area contributed by atoms with Crippen molar-refractivity contribution >= 4 is 5.95 Å². The minimum Gasteiger partial charge on any atom is -0.390 e. The molecule has 24 heavy (non-hydrogen) atoms. The predicted octanol–water partition coefficient (Wildman–Crippen LogP) is 1.41. The van der Waals surface area contributed by atoms with Crippen molar-refractivity contribution in [3.8, 4) is 0 Å². The number of aliphatic hydroxyl groups is 1. The second-order valence-corrected chi connectivity index (χ2v) is 7.28. The summed E-state index contributed by atoms with van der Waals surface area (Å²) in [5.41, 5.74) is 1.18. The predicted molar refractivity (Wildman–Crippen MR) is 92.3 cm³/mol. The molecule has 6 nitrogen and oxygen atoms in total. The van der Waals surface area contributed by atoms with E-state index in [0.29, 0.717) is 12.5 Å². The van der Waals surface area contributed by atoms with Gasteiger partial charge in [-0.1, -0.05) is 12.8 Å². The van der Waals surface area contributed by atoms with E-state index < -0.39 is 0 Å². The Kier molecular flexibility index (Phi) is 4.96. The molecule has 0 aromatic carbocycles. The first-order valence-corrected chi connectivity index (χ1v) is 9.39. The van der Waals surface area contributed by atoms with Crippen LogP contribution in [0.15, 0.2) is 12.3 Å². The first kappa shape index (κ1) is 16.2. The topological polar surface area (TPSA) is 61.7 Å². The van der Waals surface area contributed by atoms with E-state index in [4.69, 9.17) is 9.72 Å². The molecule has 0 spiro atoms. The number of rotatable bonds is 3. The van der Waals surface area contributed by atoms with Crippen LogP contribution in [-0.2, 0) is 4.74 Å². The number of anilines is 1. The molecule has 0 unspecified atom stereocenters. The van der Waals surface area contributed by atoms with Gasteiger partial charge in [0.25, 0.3) is 0 Å². The Bertz CT molecular complexity index is 544. The minimum absolute atomic E-state index is 0.239. The molecule has 2 aliphatic heterocycles. The smallest absolute Gasteiger partial charge is 0.225 e. The van der Waals surface area contributed by atoms with E-state index in [1.807, 2.05) is 6.20 Å². The molecule has 4 rings (SSSR count). The number of ether oxygens (including phenoxy) is 1. The second kappa shape index (κ2) is 7.33. The van der Waals surface area contributed by atoms with Crippen molar-refractivity contribution in [3.63, 3.8) is 0 Å². The standard InChI is InChI=1S/C18H28N4O2/c23-17-13-22(8-6-16(17)21-9-11-24-12-10-21)18-19-7-5-15(20-18)14-3-1-2-4-14/h5,7,14,16-17,23H,1-4,6,8-13H2/t16-,17-/m1/s1. The fraction of sp³-hybridized carbons (Fsp3) is 0.778. The average Bonchev–Trinajstić information content (AvgIpc) is 3.17. The number of morpholine rings is 1. The first-order valence-electron chi connectivity index (χ1n) is 9.39. The zero-order valence-electron chi connectivity index (χ0n) is 14.3. The van der Waals surface area contributed by atoms with Crippen molar-refractivity contribution in [2.75, 3.05) is 44.3 Å². The summed E-state index contributed by atoms with van der Waals surface area (Å²) in [6, 6.07) is 2.30. The van der Waals surface area contributed by atoms with Crippen molar-refractivity contribution in [2.45, 2.75) is 50.2 Å². The van der Waals surface area contributed by atoms with Crippen LogP contribution < -0.4 is 4.90 Å². The number of aromatic nitrogens is 2. The van der Waals surface area contributed by atoms with Gasteiger partial charge in [-0.2, -0.15) is 0 Å². The minimum atomic E-state index is -0.351. The molecule has 1 aliphatic carbocycles. The largest absolute Gasteiger partial charge is 0.390 e. The third kappa shape index (κ3) is 3.41. The highest BCUT2D eigenvalue weighted by Crippen LogP contribution is 2.33. The quantitative estimate of drug-likeness (QED) is 0.903. The summed E-state index contributed by atoms with van der Waals surface area (Å²) in [5, 5.41) is 10.7. The first-order chi connectivity index (χ1) is 11.8. The zero-order chi connectivity index (χ0) is 16.4. The molecule has 0 amide bonds. The van der Waals surface area contributed by atoms with Crippen molar-refractivity contribution in [1.82, 2.24) is 14.9 Å². The Balaban J connectivity index is 1.41. The molecule has 1 saturated carbocycles. The van der Waals surface area contributed by atoms with Gasteiger partial charge in [-0.15, -0.1) is 0 Å². The van der Waals surface area contributed by atoms with Gasteiger partial charge in [0.2, 0.25) is 5.95 Å². The Morgan fingerprint density at radius 2 is 1.88 bits per heavy atom. The van der Waals surface area contributed by atoms with E-state index in [2.05, 4.69) is 20.9 Å². The highest BCUT2D eigenvalue weighted by atomic mass is 16.5. The maximum atomic E-state index is 10.7. The lowest BCUT2D eigenvalue weighted by Crippen LogP contribution is -2.57. The molecule has 2 atom stereocenters. The SMILES string of the molecule is O[C@@H]1CN(c2nccc(C3CCCC3)n2)CC[C@H]1N1CCOCC1. The number of β-amino-alcohol motifs (C(OH)–C–C–N with tert-alkyl or cyclic N) is 1. The lowest BCUT2D eigenvalue weighted by atomic mass is 10.00. The fourth-order valence-corrected chi connectivity index (χ4v) is 4.40. The van der Waals surface area contributed by atoms with Crippen LogP contribution in [0.2, 0.25) is 0 Å². The molecule has 1 aromatic rings. The molecule has 3 fully saturated rings. The monoisotopic (exact) mass is 332 g/mol. The second-order valence-electron chi connectivity index (χ2n) is 7.28. The van der Waals surface area contributed by atoms with Crippen LogP contribution in [0.3, 0.4) is 0 Å². The third-order valence-corrected chi connectivity index (χ3v) is 5.78.